The molecule has 0 saturated heterocycles. The molecule has 1 heterocycles. The van der Waals surface area contributed by atoms with Gasteiger partial charge in [0.25, 0.3) is 0 Å². The third-order valence-electron chi connectivity index (χ3n) is 3.14. The van der Waals surface area contributed by atoms with Crippen molar-refractivity contribution < 1.29 is 10.0 Å². The van der Waals surface area contributed by atoms with Crippen LogP contribution in [0.5, 0.6) is 5.88 Å². The molecule has 0 aliphatic heterocycles. The summed E-state index contributed by atoms with van der Waals surface area (Å²) < 4.78 is 0.887. The minimum atomic E-state index is -0.742. The first-order valence-electron chi connectivity index (χ1n) is 6.56. The Morgan fingerprint density at radius 2 is 2.00 bits per heavy atom. The molecule has 1 aromatic heterocycles. The summed E-state index contributed by atoms with van der Waals surface area (Å²) in [5, 5.41) is 20.6. The second-order valence-corrected chi connectivity index (χ2v) is 7.58. The molecule has 0 bridgehead atoms. The summed E-state index contributed by atoms with van der Waals surface area (Å²) in [6, 6.07) is 10.1. The van der Waals surface area contributed by atoms with E-state index in [1.165, 1.54) is 12.5 Å². The fourth-order valence-electron chi connectivity index (χ4n) is 2.09. The molecule has 1 N–H and O–H groups in total. The van der Waals surface area contributed by atoms with Crippen LogP contribution in [-0.4, -0.2) is 35.8 Å². The number of hydrogen-bond acceptors (Lipinski definition) is 5. The molecule has 0 aliphatic carbocycles. The summed E-state index contributed by atoms with van der Waals surface area (Å²) >= 11 is -0.742. The van der Waals surface area contributed by atoms with Crippen LogP contribution in [0.1, 0.15) is 29.3 Å². The van der Waals surface area contributed by atoms with Gasteiger partial charge in [-0.25, -0.2) is 0 Å². The number of rotatable bonds is 5. The number of nitrogens with zero attached hydrogens (tertiary/aromatic N) is 3. The fourth-order valence-corrected chi connectivity index (χ4v) is 4.77. The van der Waals surface area contributed by atoms with Gasteiger partial charge in [0.15, 0.2) is 0 Å². The summed E-state index contributed by atoms with van der Waals surface area (Å²) in [6.07, 6.45) is 0.949. The Hall–Kier alpha value is -1.94. The molecule has 6 nitrogen and oxygen atoms in total. The van der Waals surface area contributed by atoms with Crippen LogP contribution in [0.4, 0.5) is 5.69 Å². The Bertz CT molecular complexity index is 626. The van der Waals surface area contributed by atoms with Gasteiger partial charge in [-0.1, -0.05) is 0 Å². The quantitative estimate of drug-likeness (QED) is 0.503. The molecule has 1 aromatic carbocycles. The molecule has 2 rings (SSSR count). The van der Waals surface area contributed by atoms with E-state index in [1.54, 1.807) is 0 Å². The van der Waals surface area contributed by atoms with Gasteiger partial charge in [-0.15, -0.1) is 0 Å². The van der Waals surface area contributed by atoms with E-state index in [2.05, 4.69) is 29.0 Å². The normalized spacial score (nSPS) is 12.7. The van der Waals surface area contributed by atoms with Crippen molar-refractivity contribution in [3.8, 4) is 5.88 Å². The first-order valence-corrected chi connectivity index (χ1v) is 8.82. The van der Waals surface area contributed by atoms with Gasteiger partial charge in [-0.2, -0.15) is 0 Å². The Morgan fingerprint density at radius 3 is 2.52 bits per heavy atom. The molecule has 0 fully saturated rings. The summed E-state index contributed by atoms with van der Waals surface area (Å²) in [7, 11) is 0. The molecule has 2 aromatic rings. The van der Waals surface area contributed by atoms with Crippen LogP contribution in [0.15, 0.2) is 30.3 Å². The van der Waals surface area contributed by atoms with E-state index in [4.69, 9.17) is 0 Å². The average molecular weight is 349 g/mol. The van der Waals surface area contributed by atoms with Gasteiger partial charge in [-0.3, -0.25) is 0 Å². The average Bonchev–Trinajstić information content (AvgIpc) is 2.44. The van der Waals surface area contributed by atoms with Gasteiger partial charge < -0.3 is 0 Å². The molecule has 21 heavy (non-hydrogen) atoms. The van der Waals surface area contributed by atoms with Crippen LogP contribution in [-0.2, 0) is 0 Å². The Morgan fingerprint density at radius 1 is 1.33 bits per heavy atom. The van der Waals surface area contributed by atoms with Gasteiger partial charge in [0.2, 0.25) is 0 Å². The molecular weight excluding hydrogens is 333 g/mol. The predicted octanol–water partition coefficient (Wildman–Crippen LogP) is 1.61. The van der Waals surface area contributed by atoms with Crippen molar-refractivity contribution in [1.82, 2.24) is 9.97 Å². The zero-order valence-electron chi connectivity index (χ0n) is 11.8. The maximum absolute atomic E-state index is 10.8. The van der Waals surface area contributed by atoms with Crippen LogP contribution >= 0.6 is 0 Å². The second-order valence-electron chi connectivity index (χ2n) is 4.58. The first kappa shape index (κ1) is 15.4. The Kier molecular flexibility index (Phi) is 4.91. The molecule has 0 aliphatic rings. The number of aromatic hydroxyl groups is 1. The molecule has 2 atom stereocenters. The fraction of sp³-hybridized carbons (Fsp3) is 0.286. The van der Waals surface area contributed by atoms with Crippen molar-refractivity contribution in [3.63, 3.8) is 0 Å². The van der Waals surface area contributed by atoms with Gasteiger partial charge in [-0.05, 0) is 0 Å². The van der Waals surface area contributed by atoms with Crippen molar-refractivity contribution in [2.24, 2.45) is 0 Å². The second kappa shape index (κ2) is 6.67. The topological polar surface area (TPSA) is 89.2 Å². The van der Waals surface area contributed by atoms with Crippen molar-refractivity contribution >= 4 is 26.1 Å². The summed E-state index contributed by atoms with van der Waals surface area (Å²) in [4.78, 5) is 18.3. The van der Waals surface area contributed by atoms with Crippen molar-refractivity contribution in [1.29, 1.82) is 0 Å². The third kappa shape index (κ3) is 3.58. The predicted molar refractivity (Wildman–Crippen MR) is 81.3 cm³/mol. The summed E-state index contributed by atoms with van der Waals surface area (Å²) in [6.45, 7) is 3.62. The number of aryl methyl sites for hydroxylation is 1. The van der Waals surface area contributed by atoms with Crippen LogP contribution < -0.4 is 4.61 Å². The van der Waals surface area contributed by atoms with Crippen LogP contribution in [0.3, 0.4) is 0 Å². The molecular formula is C14H16AsN3O3. The van der Waals surface area contributed by atoms with E-state index >= 15 is 0 Å². The van der Waals surface area contributed by atoms with Crippen LogP contribution in [0, 0.1) is 17.0 Å². The van der Waals surface area contributed by atoms with Crippen molar-refractivity contribution in [2.45, 2.75) is 25.0 Å². The van der Waals surface area contributed by atoms with Crippen LogP contribution in [0.25, 0.3) is 0 Å². The van der Waals surface area contributed by atoms with Crippen LogP contribution in [0.2, 0.25) is 0 Å². The van der Waals surface area contributed by atoms with E-state index in [1.807, 2.05) is 18.2 Å². The van der Waals surface area contributed by atoms with Crippen molar-refractivity contribution in [3.05, 3.63) is 51.7 Å². The van der Waals surface area contributed by atoms with Gasteiger partial charge >= 0.3 is 129 Å². The standard InChI is InChI=1S/C14H16AsN3O3/c1-3-11(10-7-5-4-6-8-10)15-14-16-9(2)12(18(20)21)13(19)17-14/h4-8,11,15H,3H2,1-2H3,(H,16,17,19). The molecule has 0 amide bonds. The summed E-state index contributed by atoms with van der Waals surface area (Å²) in [5.74, 6) is -0.533. The van der Waals surface area contributed by atoms with Crippen molar-refractivity contribution in [2.75, 3.05) is 0 Å². The van der Waals surface area contributed by atoms with Gasteiger partial charge in [0.05, 0.1) is 0 Å². The zero-order chi connectivity index (χ0) is 15.4. The SMILES string of the molecule is CCC([AsH]c1nc(C)c([N+](=O)[O-])c(O)n1)c1ccccc1. The Labute approximate surface area is 129 Å². The Balaban J connectivity index is 2.29. The molecule has 0 radical (unpaired) electrons. The minimum absolute atomic E-state index is 0.217. The van der Waals surface area contributed by atoms with Gasteiger partial charge in [0.1, 0.15) is 0 Å². The van der Waals surface area contributed by atoms with E-state index in [9.17, 15) is 15.2 Å². The molecule has 0 saturated carbocycles. The monoisotopic (exact) mass is 349 g/mol. The van der Waals surface area contributed by atoms with E-state index in [0.29, 0.717) is 9.32 Å². The maximum atomic E-state index is 10.8. The van der Waals surface area contributed by atoms with E-state index < -0.39 is 32.2 Å². The number of aromatic nitrogens is 2. The molecule has 0 spiro atoms. The van der Waals surface area contributed by atoms with E-state index in [-0.39, 0.29) is 5.69 Å². The number of benzene rings is 1. The van der Waals surface area contributed by atoms with Gasteiger partial charge in [0, 0.05) is 0 Å². The molecule has 7 heteroatoms. The number of hydrogen-bond donors (Lipinski definition) is 1. The number of nitro groups is 1. The molecule has 2 unspecified atom stereocenters. The zero-order valence-corrected chi connectivity index (χ0v) is 13.9. The molecule has 110 valence electrons. The summed E-state index contributed by atoms with van der Waals surface area (Å²) in [5.41, 5.74) is 1.03. The third-order valence-corrected chi connectivity index (χ3v) is 6.43. The van der Waals surface area contributed by atoms with E-state index in [0.717, 1.165) is 6.42 Å². The first-order chi connectivity index (χ1) is 10.0.